The average Bonchev–Trinajstić information content (AvgIpc) is 1.87. The summed E-state index contributed by atoms with van der Waals surface area (Å²) in [5.41, 5.74) is 0. The summed E-state index contributed by atoms with van der Waals surface area (Å²) >= 11 is 0. The van der Waals surface area contributed by atoms with E-state index in [1.54, 1.807) is 6.92 Å². The number of hydrogen-bond acceptors (Lipinski definition) is 3. The van der Waals surface area contributed by atoms with E-state index in [-0.39, 0.29) is 0 Å². The molecule has 0 aliphatic rings. The van der Waals surface area contributed by atoms with E-state index in [4.69, 9.17) is 9.84 Å². The molecule has 0 aliphatic carbocycles. The Hall–Kier alpha value is -0.120. The fourth-order valence-electron chi connectivity index (χ4n) is 0.603. The largest absolute Gasteiger partial charge is 0.368 e. The Labute approximate surface area is 62.4 Å². The summed E-state index contributed by atoms with van der Waals surface area (Å²) < 4.78 is 4.88. The highest BCUT2D eigenvalue weighted by atomic mass is 16.6. The highest BCUT2D eigenvalue weighted by Crippen LogP contribution is 1.81. The van der Waals surface area contributed by atoms with Gasteiger partial charge in [-0.2, -0.15) is 0 Å². The van der Waals surface area contributed by atoms with E-state index in [0.717, 1.165) is 19.5 Å². The van der Waals surface area contributed by atoms with Crippen molar-refractivity contribution in [2.24, 2.45) is 0 Å². The number of aliphatic hydroxyl groups is 1. The third-order valence-corrected chi connectivity index (χ3v) is 1.06. The van der Waals surface area contributed by atoms with Crippen LogP contribution in [0.1, 0.15) is 20.3 Å². The number of nitrogens with one attached hydrogen (secondary N) is 1. The van der Waals surface area contributed by atoms with Gasteiger partial charge in [0.25, 0.3) is 0 Å². The Morgan fingerprint density at radius 3 is 2.70 bits per heavy atom. The zero-order valence-electron chi connectivity index (χ0n) is 6.76. The van der Waals surface area contributed by atoms with E-state index in [9.17, 15) is 0 Å². The molecule has 0 aromatic rings. The molecular formula is C7H17NO2. The Balaban J connectivity index is 2.77. The molecule has 0 aliphatic heterocycles. The van der Waals surface area contributed by atoms with Crippen LogP contribution < -0.4 is 5.32 Å². The van der Waals surface area contributed by atoms with Crippen LogP contribution in [-0.2, 0) is 4.74 Å². The summed E-state index contributed by atoms with van der Waals surface area (Å²) in [5, 5.41) is 11.8. The first-order valence-corrected chi connectivity index (χ1v) is 3.77. The maximum atomic E-state index is 8.66. The number of hydrogen-bond donors (Lipinski definition) is 2. The van der Waals surface area contributed by atoms with Crippen molar-refractivity contribution in [1.82, 2.24) is 5.32 Å². The topological polar surface area (TPSA) is 41.5 Å². The molecule has 0 spiro atoms. The van der Waals surface area contributed by atoms with Crippen LogP contribution in [0.3, 0.4) is 0 Å². The average molecular weight is 147 g/mol. The van der Waals surface area contributed by atoms with Gasteiger partial charge in [-0.3, -0.25) is 0 Å². The fraction of sp³-hybridized carbons (Fsp3) is 1.00. The standard InChI is InChI=1S/C7H17NO2/c1-3-4-8-5-6-10-7(2)9/h7-9H,3-6H2,1-2H3. The normalized spacial score (nSPS) is 13.5. The number of aliphatic hydroxyl groups excluding tert-OH is 1. The van der Waals surface area contributed by atoms with Crippen molar-refractivity contribution in [1.29, 1.82) is 0 Å². The minimum Gasteiger partial charge on any atom is -0.368 e. The van der Waals surface area contributed by atoms with Crippen LogP contribution in [0.4, 0.5) is 0 Å². The predicted octanol–water partition coefficient (Wildman–Crippen LogP) is 0.341. The Bertz CT molecular complexity index is 66.6. The van der Waals surface area contributed by atoms with Crippen molar-refractivity contribution < 1.29 is 9.84 Å². The van der Waals surface area contributed by atoms with Crippen molar-refractivity contribution >= 4 is 0 Å². The first-order valence-electron chi connectivity index (χ1n) is 3.77. The van der Waals surface area contributed by atoms with Crippen LogP contribution in [-0.4, -0.2) is 31.1 Å². The van der Waals surface area contributed by atoms with Gasteiger partial charge in [0.1, 0.15) is 0 Å². The van der Waals surface area contributed by atoms with Crippen LogP contribution >= 0.6 is 0 Å². The van der Waals surface area contributed by atoms with Crippen LogP contribution in [0.15, 0.2) is 0 Å². The molecule has 2 N–H and O–H groups in total. The summed E-state index contributed by atoms with van der Waals surface area (Å²) in [4.78, 5) is 0. The summed E-state index contributed by atoms with van der Waals surface area (Å²) in [6, 6.07) is 0. The fourth-order valence-corrected chi connectivity index (χ4v) is 0.603. The molecule has 0 aromatic heterocycles. The van der Waals surface area contributed by atoms with Crippen molar-refractivity contribution in [3.63, 3.8) is 0 Å². The quantitative estimate of drug-likeness (QED) is 0.420. The van der Waals surface area contributed by atoms with E-state index >= 15 is 0 Å². The number of rotatable bonds is 6. The first-order chi connectivity index (χ1) is 4.77. The van der Waals surface area contributed by atoms with E-state index in [1.807, 2.05) is 0 Å². The molecule has 0 fully saturated rings. The van der Waals surface area contributed by atoms with Gasteiger partial charge in [0.2, 0.25) is 0 Å². The first kappa shape index (κ1) is 9.88. The third kappa shape index (κ3) is 7.88. The molecule has 0 saturated carbocycles. The molecule has 1 unspecified atom stereocenters. The van der Waals surface area contributed by atoms with Gasteiger partial charge in [0.15, 0.2) is 6.29 Å². The molecule has 0 bridgehead atoms. The summed E-state index contributed by atoms with van der Waals surface area (Å²) in [6.45, 7) is 6.14. The predicted molar refractivity (Wildman–Crippen MR) is 40.8 cm³/mol. The Kier molecular flexibility index (Phi) is 6.91. The second-order valence-electron chi connectivity index (χ2n) is 2.22. The van der Waals surface area contributed by atoms with Gasteiger partial charge in [-0.1, -0.05) is 6.92 Å². The summed E-state index contributed by atoms with van der Waals surface area (Å²) in [6.07, 6.45) is 0.498. The molecule has 0 aromatic carbocycles. The maximum absolute atomic E-state index is 8.66. The molecular weight excluding hydrogens is 130 g/mol. The third-order valence-electron chi connectivity index (χ3n) is 1.06. The second-order valence-corrected chi connectivity index (χ2v) is 2.22. The summed E-state index contributed by atoms with van der Waals surface area (Å²) in [7, 11) is 0. The molecule has 1 atom stereocenters. The molecule has 0 rings (SSSR count). The lowest BCUT2D eigenvalue weighted by atomic mass is 10.5. The van der Waals surface area contributed by atoms with E-state index in [0.29, 0.717) is 6.61 Å². The van der Waals surface area contributed by atoms with Gasteiger partial charge in [0.05, 0.1) is 6.61 Å². The molecule has 3 nitrogen and oxygen atoms in total. The van der Waals surface area contributed by atoms with Gasteiger partial charge in [0, 0.05) is 6.54 Å². The summed E-state index contributed by atoms with van der Waals surface area (Å²) in [5.74, 6) is 0. The monoisotopic (exact) mass is 147 g/mol. The molecule has 0 radical (unpaired) electrons. The smallest absolute Gasteiger partial charge is 0.151 e. The Morgan fingerprint density at radius 1 is 1.50 bits per heavy atom. The van der Waals surface area contributed by atoms with Crippen molar-refractivity contribution in [2.45, 2.75) is 26.6 Å². The maximum Gasteiger partial charge on any atom is 0.151 e. The van der Waals surface area contributed by atoms with Gasteiger partial charge in [-0.05, 0) is 19.9 Å². The second kappa shape index (κ2) is 6.99. The SMILES string of the molecule is CCCNCCOC(C)O. The van der Waals surface area contributed by atoms with Crippen molar-refractivity contribution in [3.8, 4) is 0 Å². The number of ether oxygens (including phenoxy) is 1. The molecule has 0 amide bonds. The van der Waals surface area contributed by atoms with E-state index in [1.165, 1.54) is 0 Å². The lowest BCUT2D eigenvalue weighted by Crippen LogP contribution is -2.22. The molecule has 3 heteroatoms. The lowest BCUT2D eigenvalue weighted by molar-refractivity contribution is -0.0834. The minimum absolute atomic E-state index is 0.581. The highest BCUT2D eigenvalue weighted by Gasteiger charge is 1.91. The van der Waals surface area contributed by atoms with E-state index in [2.05, 4.69) is 12.2 Å². The van der Waals surface area contributed by atoms with Crippen LogP contribution in [0.5, 0.6) is 0 Å². The molecule has 10 heavy (non-hydrogen) atoms. The van der Waals surface area contributed by atoms with E-state index < -0.39 is 6.29 Å². The Morgan fingerprint density at radius 2 is 2.20 bits per heavy atom. The van der Waals surface area contributed by atoms with Crippen LogP contribution in [0, 0.1) is 0 Å². The molecule has 0 saturated heterocycles. The molecule has 0 heterocycles. The van der Waals surface area contributed by atoms with Gasteiger partial charge in [-0.15, -0.1) is 0 Å². The lowest BCUT2D eigenvalue weighted by Gasteiger charge is -2.06. The van der Waals surface area contributed by atoms with Crippen molar-refractivity contribution in [2.75, 3.05) is 19.7 Å². The van der Waals surface area contributed by atoms with Gasteiger partial charge >= 0.3 is 0 Å². The molecule has 62 valence electrons. The van der Waals surface area contributed by atoms with Crippen LogP contribution in [0.25, 0.3) is 0 Å². The van der Waals surface area contributed by atoms with Crippen molar-refractivity contribution in [3.05, 3.63) is 0 Å². The zero-order valence-corrected chi connectivity index (χ0v) is 6.76. The van der Waals surface area contributed by atoms with Gasteiger partial charge in [-0.25, -0.2) is 0 Å². The zero-order chi connectivity index (χ0) is 7.82. The highest BCUT2D eigenvalue weighted by molar-refractivity contribution is 4.42. The van der Waals surface area contributed by atoms with Crippen LogP contribution in [0.2, 0.25) is 0 Å². The minimum atomic E-state index is -0.636. The van der Waals surface area contributed by atoms with Gasteiger partial charge < -0.3 is 15.2 Å².